The summed E-state index contributed by atoms with van der Waals surface area (Å²) in [5, 5.41) is 0. The van der Waals surface area contributed by atoms with Crippen molar-refractivity contribution in [2.45, 2.75) is 6.61 Å². The molecule has 13 heavy (non-hydrogen) atoms. The predicted octanol–water partition coefficient (Wildman–Crippen LogP) is 1.41. The Labute approximate surface area is 77.3 Å². The molecule has 1 aromatic carbocycles. The summed E-state index contributed by atoms with van der Waals surface area (Å²) in [6, 6.07) is 7.53. The van der Waals surface area contributed by atoms with Gasteiger partial charge in [-0.05, 0) is 17.7 Å². The highest BCUT2D eigenvalue weighted by Gasteiger charge is 1.93. The molecule has 0 bridgehead atoms. The molecule has 0 N–H and O–H groups in total. The predicted molar refractivity (Wildman–Crippen MR) is 48.7 cm³/mol. The van der Waals surface area contributed by atoms with Gasteiger partial charge in [-0.3, -0.25) is 0 Å². The molecule has 70 valence electrons. The van der Waals surface area contributed by atoms with Crippen LogP contribution in [0.25, 0.3) is 0 Å². The summed E-state index contributed by atoms with van der Waals surface area (Å²) in [7, 11) is 1.62. The maximum Gasteiger partial charge on any atom is 0.145 e. The zero-order chi connectivity index (χ0) is 9.52. The van der Waals surface area contributed by atoms with E-state index in [4.69, 9.17) is 9.47 Å². The third-order valence-electron chi connectivity index (χ3n) is 1.61. The quantitative estimate of drug-likeness (QED) is 0.507. The summed E-state index contributed by atoms with van der Waals surface area (Å²) >= 11 is 0. The Balaban J connectivity index is 2.44. The summed E-state index contributed by atoms with van der Waals surface area (Å²) in [6.07, 6.45) is 0.740. The molecule has 0 unspecified atom stereocenters. The van der Waals surface area contributed by atoms with E-state index in [0.29, 0.717) is 6.61 Å². The standard InChI is InChI=1S/C10H12O3/c1-12-10-4-2-9(3-5-10)8-13-7-6-11/h2-6H,7-8H2,1H3. The van der Waals surface area contributed by atoms with Gasteiger partial charge in [-0.1, -0.05) is 12.1 Å². The van der Waals surface area contributed by atoms with E-state index in [0.717, 1.165) is 17.6 Å². The van der Waals surface area contributed by atoms with Gasteiger partial charge in [-0.25, -0.2) is 0 Å². The molecule has 0 atom stereocenters. The molecule has 3 nitrogen and oxygen atoms in total. The van der Waals surface area contributed by atoms with Crippen molar-refractivity contribution >= 4 is 6.29 Å². The molecule has 0 heterocycles. The number of ether oxygens (including phenoxy) is 2. The Bertz CT molecular complexity index is 253. The number of carbonyl (C=O) groups is 1. The first-order chi connectivity index (χ1) is 6.36. The van der Waals surface area contributed by atoms with Crippen LogP contribution < -0.4 is 4.74 Å². The minimum Gasteiger partial charge on any atom is -0.497 e. The monoisotopic (exact) mass is 180 g/mol. The molecule has 0 saturated heterocycles. The van der Waals surface area contributed by atoms with E-state index in [1.807, 2.05) is 24.3 Å². The average molecular weight is 180 g/mol. The van der Waals surface area contributed by atoms with Gasteiger partial charge in [0.25, 0.3) is 0 Å². The zero-order valence-corrected chi connectivity index (χ0v) is 7.53. The summed E-state index contributed by atoms with van der Waals surface area (Å²) in [5.41, 5.74) is 1.03. The van der Waals surface area contributed by atoms with Gasteiger partial charge in [0, 0.05) is 0 Å². The Hall–Kier alpha value is -1.35. The van der Waals surface area contributed by atoms with Crippen LogP contribution in [0.4, 0.5) is 0 Å². The van der Waals surface area contributed by atoms with Gasteiger partial charge in [0.1, 0.15) is 18.6 Å². The van der Waals surface area contributed by atoms with E-state index in [9.17, 15) is 4.79 Å². The fraction of sp³-hybridized carbons (Fsp3) is 0.300. The lowest BCUT2D eigenvalue weighted by molar-refractivity contribution is -0.112. The first-order valence-electron chi connectivity index (χ1n) is 4.01. The van der Waals surface area contributed by atoms with Crippen LogP contribution in [0.15, 0.2) is 24.3 Å². The van der Waals surface area contributed by atoms with Gasteiger partial charge < -0.3 is 14.3 Å². The van der Waals surface area contributed by atoms with Crippen LogP contribution in [-0.4, -0.2) is 20.0 Å². The molecule has 0 amide bonds. The summed E-state index contributed by atoms with van der Waals surface area (Å²) in [6.45, 7) is 0.606. The minimum absolute atomic E-state index is 0.145. The highest BCUT2D eigenvalue weighted by Crippen LogP contribution is 2.11. The smallest absolute Gasteiger partial charge is 0.145 e. The number of hydrogen-bond acceptors (Lipinski definition) is 3. The van der Waals surface area contributed by atoms with Crippen LogP contribution in [0.5, 0.6) is 5.75 Å². The van der Waals surface area contributed by atoms with E-state index in [1.54, 1.807) is 7.11 Å². The van der Waals surface area contributed by atoms with E-state index in [2.05, 4.69) is 0 Å². The zero-order valence-electron chi connectivity index (χ0n) is 7.53. The molecular formula is C10H12O3. The Morgan fingerprint density at radius 3 is 2.54 bits per heavy atom. The number of aldehydes is 1. The van der Waals surface area contributed by atoms with Crippen LogP contribution in [0.2, 0.25) is 0 Å². The number of carbonyl (C=O) groups excluding carboxylic acids is 1. The van der Waals surface area contributed by atoms with Crippen molar-refractivity contribution in [2.75, 3.05) is 13.7 Å². The summed E-state index contributed by atoms with van der Waals surface area (Å²) < 4.78 is 10.0. The van der Waals surface area contributed by atoms with Crippen molar-refractivity contribution in [1.82, 2.24) is 0 Å². The van der Waals surface area contributed by atoms with Crippen molar-refractivity contribution in [3.63, 3.8) is 0 Å². The normalized spacial score (nSPS) is 9.62. The van der Waals surface area contributed by atoms with Crippen LogP contribution >= 0.6 is 0 Å². The lowest BCUT2D eigenvalue weighted by Gasteiger charge is -2.02. The van der Waals surface area contributed by atoms with Crippen molar-refractivity contribution in [3.8, 4) is 5.75 Å². The topological polar surface area (TPSA) is 35.5 Å². The van der Waals surface area contributed by atoms with Gasteiger partial charge in [0.05, 0.1) is 13.7 Å². The summed E-state index contributed by atoms with van der Waals surface area (Å²) in [5.74, 6) is 0.819. The second kappa shape index (κ2) is 5.32. The van der Waals surface area contributed by atoms with Crippen molar-refractivity contribution in [3.05, 3.63) is 29.8 Å². The van der Waals surface area contributed by atoms with Crippen molar-refractivity contribution in [1.29, 1.82) is 0 Å². The lowest BCUT2D eigenvalue weighted by atomic mass is 10.2. The number of hydrogen-bond donors (Lipinski definition) is 0. The van der Waals surface area contributed by atoms with Gasteiger partial charge in [-0.2, -0.15) is 0 Å². The second-order valence-corrected chi connectivity index (χ2v) is 2.53. The van der Waals surface area contributed by atoms with Crippen LogP contribution in [0.1, 0.15) is 5.56 Å². The Morgan fingerprint density at radius 1 is 1.31 bits per heavy atom. The fourth-order valence-electron chi connectivity index (χ4n) is 0.947. The van der Waals surface area contributed by atoms with E-state index < -0.39 is 0 Å². The molecule has 0 aliphatic carbocycles. The number of benzene rings is 1. The van der Waals surface area contributed by atoms with E-state index in [-0.39, 0.29) is 6.61 Å². The molecule has 3 heteroatoms. The molecule has 0 aliphatic rings. The third kappa shape index (κ3) is 3.25. The maximum absolute atomic E-state index is 9.95. The molecular weight excluding hydrogens is 168 g/mol. The molecule has 1 rings (SSSR count). The summed E-state index contributed by atoms with van der Waals surface area (Å²) in [4.78, 5) is 9.95. The Kier molecular flexibility index (Phi) is 3.99. The van der Waals surface area contributed by atoms with Crippen LogP contribution in [-0.2, 0) is 16.1 Å². The van der Waals surface area contributed by atoms with Gasteiger partial charge in [0.2, 0.25) is 0 Å². The first kappa shape index (κ1) is 9.74. The average Bonchev–Trinajstić information content (AvgIpc) is 2.19. The minimum atomic E-state index is 0.145. The maximum atomic E-state index is 9.95. The number of methoxy groups -OCH3 is 1. The highest BCUT2D eigenvalue weighted by molar-refractivity contribution is 5.50. The molecule has 0 saturated carbocycles. The number of rotatable bonds is 5. The van der Waals surface area contributed by atoms with E-state index in [1.165, 1.54) is 0 Å². The molecule has 1 aromatic rings. The fourth-order valence-corrected chi connectivity index (χ4v) is 0.947. The third-order valence-corrected chi connectivity index (χ3v) is 1.61. The second-order valence-electron chi connectivity index (χ2n) is 2.53. The van der Waals surface area contributed by atoms with Gasteiger partial charge in [0.15, 0.2) is 0 Å². The van der Waals surface area contributed by atoms with Crippen LogP contribution in [0, 0.1) is 0 Å². The lowest BCUT2D eigenvalue weighted by Crippen LogP contribution is -1.95. The van der Waals surface area contributed by atoms with Crippen molar-refractivity contribution in [2.24, 2.45) is 0 Å². The highest BCUT2D eigenvalue weighted by atomic mass is 16.5. The molecule has 0 fully saturated rings. The molecule has 0 radical (unpaired) electrons. The van der Waals surface area contributed by atoms with Gasteiger partial charge >= 0.3 is 0 Å². The van der Waals surface area contributed by atoms with Gasteiger partial charge in [-0.15, -0.1) is 0 Å². The first-order valence-corrected chi connectivity index (χ1v) is 4.01. The molecule has 0 spiro atoms. The SMILES string of the molecule is COc1ccc(COCC=O)cc1. The van der Waals surface area contributed by atoms with Crippen LogP contribution in [0.3, 0.4) is 0 Å². The molecule has 0 aliphatic heterocycles. The van der Waals surface area contributed by atoms with Crippen molar-refractivity contribution < 1.29 is 14.3 Å². The largest absolute Gasteiger partial charge is 0.497 e. The van der Waals surface area contributed by atoms with E-state index >= 15 is 0 Å². The molecule has 0 aromatic heterocycles. The Morgan fingerprint density at radius 2 is 2.00 bits per heavy atom.